The van der Waals surface area contributed by atoms with Gasteiger partial charge in [0.05, 0.1) is 23.0 Å². The van der Waals surface area contributed by atoms with E-state index in [9.17, 15) is 9.18 Å². The first-order chi connectivity index (χ1) is 15.3. The Hall–Kier alpha value is -3.93. The number of hydrogen-bond donors (Lipinski definition) is 1. The third-order valence-corrected chi connectivity index (χ3v) is 4.84. The van der Waals surface area contributed by atoms with Crippen LogP contribution in [0.5, 0.6) is 11.5 Å². The molecule has 0 saturated heterocycles. The minimum atomic E-state index is -0.369. The van der Waals surface area contributed by atoms with Crippen LogP contribution in [0.1, 0.15) is 31.1 Å². The zero-order chi connectivity index (χ0) is 22.7. The predicted molar refractivity (Wildman–Crippen MR) is 124 cm³/mol. The molecule has 0 bridgehead atoms. The fraction of sp³-hybridized carbons (Fsp3) is 0.154. The molecule has 3 aromatic carbocycles. The Bertz CT molecular complexity index is 1230. The average Bonchev–Trinajstić information content (AvgIpc) is 3.21. The van der Waals surface area contributed by atoms with Crippen LogP contribution in [-0.4, -0.2) is 15.7 Å². The van der Waals surface area contributed by atoms with Crippen LogP contribution >= 0.6 is 0 Å². The first-order valence-electron chi connectivity index (χ1n) is 10.3. The number of hydrogen-bond acceptors (Lipinski definition) is 3. The number of aromatic nitrogens is 2. The van der Waals surface area contributed by atoms with Gasteiger partial charge in [-0.1, -0.05) is 24.3 Å². The molecule has 0 unspecified atom stereocenters. The first-order valence-corrected chi connectivity index (χ1v) is 10.3. The molecule has 1 aromatic heterocycles. The van der Waals surface area contributed by atoms with Crippen molar-refractivity contribution in [2.45, 2.75) is 26.3 Å². The molecule has 5 nitrogen and oxygen atoms in total. The Morgan fingerprint density at radius 1 is 0.938 bits per heavy atom. The molecule has 1 heterocycles. The molecule has 1 N–H and O–H groups in total. The number of anilines is 1. The minimum absolute atomic E-state index is 0.309. The van der Waals surface area contributed by atoms with Gasteiger partial charge < -0.3 is 10.1 Å². The number of nitrogens with zero attached hydrogens (tertiary/aromatic N) is 2. The highest BCUT2D eigenvalue weighted by Crippen LogP contribution is 2.30. The molecular weight excluding hydrogens is 405 g/mol. The lowest BCUT2D eigenvalue weighted by Crippen LogP contribution is -2.24. The first kappa shape index (κ1) is 21.3. The Labute approximate surface area is 186 Å². The zero-order valence-corrected chi connectivity index (χ0v) is 18.2. The van der Waals surface area contributed by atoms with Crippen molar-refractivity contribution in [3.8, 4) is 22.8 Å². The quantitative estimate of drug-likeness (QED) is 0.395. The smallest absolute Gasteiger partial charge is 0.259 e. The molecule has 0 saturated carbocycles. The zero-order valence-electron chi connectivity index (χ0n) is 18.2. The number of rotatable bonds is 5. The van der Waals surface area contributed by atoms with Crippen LogP contribution in [0.25, 0.3) is 11.3 Å². The minimum Gasteiger partial charge on any atom is -0.457 e. The lowest BCUT2D eigenvalue weighted by atomic mass is 10.0. The summed E-state index contributed by atoms with van der Waals surface area (Å²) in [7, 11) is 0. The average molecular weight is 429 g/mol. The Kier molecular flexibility index (Phi) is 5.77. The molecule has 0 fully saturated rings. The highest BCUT2D eigenvalue weighted by atomic mass is 19.1. The molecule has 0 aliphatic heterocycles. The van der Waals surface area contributed by atoms with E-state index in [2.05, 4.69) is 10.4 Å². The molecular formula is C26H24FN3O2. The van der Waals surface area contributed by atoms with Crippen molar-refractivity contribution in [1.82, 2.24) is 9.78 Å². The van der Waals surface area contributed by atoms with Crippen LogP contribution in [0, 0.1) is 5.82 Å². The summed E-state index contributed by atoms with van der Waals surface area (Å²) in [6.07, 6.45) is 1.55. The standard InChI is InChI=1S/C26H24FN3O2/c1-26(2,3)30-24(18-12-14-19(27)15-13-18)23(17-28-30)25(31)29-20-8-7-11-22(16-20)32-21-9-5-4-6-10-21/h4-17H,1-3H3,(H,29,31). The topological polar surface area (TPSA) is 56.2 Å². The second-order valence-corrected chi connectivity index (χ2v) is 8.39. The maximum Gasteiger partial charge on any atom is 0.259 e. The third kappa shape index (κ3) is 4.70. The summed E-state index contributed by atoms with van der Waals surface area (Å²) < 4.78 is 21.1. The summed E-state index contributed by atoms with van der Waals surface area (Å²) in [6.45, 7) is 6.00. The molecule has 32 heavy (non-hydrogen) atoms. The second-order valence-electron chi connectivity index (χ2n) is 8.39. The van der Waals surface area contributed by atoms with E-state index in [1.54, 1.807) is 35.1 Å². The number of para-hydroxylation sites is 1. The van der Waals surface area contributed by atoms with Gasteiger partial charge in [0.15, 0.2) is 0 Å². The number of amides is 1. The van der Waals surface area contributed by atoms with Gasteiger partial charge >= 0.3 is 0 Å². The number of carbonyl (C=O) groups is 1. The van der Waals surface area contributed by atoms with Crippen LogP contribution in [0.4, 0.5) is 10.1 Å². The van der Waals surface area contributed by atoms with E-state index in [0.29, 0.717) is 34.0 Å². The predicted octanol–water partition coefficient (Wildman–Crippen LogP) is 6.49. The molecule has 0 radical (unpaired) electrons. The maximum absolute atomic E-state index is 13.5. The molecule has 162 valence electrons. The van der Waals surface area contributed by atoms with Gasteiger partial charge in [0.1, 0.15) is 17.3 Å². The van der Waals surface area contributed by atoms with E-state index in [-0.39, 0.29) is 17.3 Å². The van der Waals surface area contributed by atoms with Crippen LogP contribution in [0.3, 0.4) is 0 Å². The lowest BCUT2D eigenvalue weighted by molar-refractivity contribution is 0.102. The van der Waals surface area contributed by atoms with Gasteiger partial charge in [-0.15, -0.1) is 0 Å². The van der Waals surface area contributed by atoms with E-state index in [0.717, 1.165) is 0 Å². The van der Waals surface area contributed by atoms with Crippen molar-refractivity contribution in [2.24, 2.45) is 0 Å². The Balaban J connectivity index is 1.63. The van der Waals surface area contributed by atoms with Gasteiger partial charge in [-0.25, -0.2) is 4.39 Å². The van der Waals surface area contributed by atoms with Crippen LogP contribution in [0.2, 0.25) is 0 Å². The molecule has 4 rings (SSSR count). The van der Waals surface area contributed by atoms with E-state index in [1.165, 1.54) is 12.1 Å². The third-order valence-electron chi connectivity index (χ3n) is 4.84. The van der Waals surface area contributed by atoms with Gasteiger partial charge in [-0.3, -0.25) is 9.48 Å². The Morgan fingerprint density at radius 2 is 1.62 bits per heavy atom. The normalized spacial score (nSPS) is 11.2. The number of nitrogens with one attached hydrogen (secondary N) is 1. The van der Waals surface area contributed by atoms with Crippen molar-refractivity contribution in [3.05, 3.63) is 96.4 Å². The van der Waals surface area contributed by atoms with E-state index < -0.39 is 0 Å². The molecule has 6 heteroatoms. The van der Waals surface area contributed by atoms with Gasteiger partial charge in [-0.05, 0) is 69.3 Å². The molecule has 0 atom stereocenters. The molecule has 0 aliphatic carbocycles. The van der Waals surface area contributed by atoms with Gasteiger partial charge in [0.25, 0.3) is 5.91 Å². The number of ether oxygens (including phenoxy) is 1. The van der Waals surface area contributed by atoms with Gasteiger partial charge in [0, 0.05) is 17.3 Å². The van der Waals surface area contributed by atoms with E-state index >= 15 is 0 Å². The summed E-state index contributed by atoms with van der Waals surface area (Å²) in [5, 5.41) is 7.38. The highest BCUT2D eigenvalue weighted by Gasteiger charge is 2.25. The van der Waals surface area contributed by atoms with Crippen molar-refractivity contribution in [3.63, 3.8) is 0 Å². The number of benzene rings is 3. The molecule has 0 aliphatic rings. The van der Waals surface area contributed by atoms with E-state index in [1.807, 2.05) is 63.2 Å². The summed E-state index contributed by atoms with van der Waals surface area (Å²) in [5.41, 5.74) is 1.97. The summed E-state index contributed by atoms with van der Waals surface area (Å²) in [6, 6.07) is 22.7. The summed E-state index contributed by atoms with van der Waals surface area (Å²) >= 11 is 0. The van der Waals surface area contributed by atoms with Crippen LogP contribution < -0.4 is 10.1 Å². The number of halogens is 1. The van der Waals surface area contributed by atoms with Gasteiger partial charge in [-0.2, -0.15) is 5.10 Å². The highest BCUT2D eigenvalue weighted by molar-refractivity contribution is 6.08. The maximum atomic E-state index is 13.5. The SMILES string of the molecule is CC(C)(C)n1ncc(C(=O)Nc2cccc(Oc3ccccc3)c2)c1-c1ccc(F)cc1. The monoisotopic (exact) mass is 429 g/mol. The van der Waals surface area contributed by atoms with Crippen molar-refractivity contribution in [1.29, 1.82) is 0 Å². The van der Waals surface area contributed by atoms with Crippen LogP contribution in [-0.2, 0) is 5.54 Å². The Morgan fingerprint density at radius 3 is 2.31 bits per heavy atom. The molecule has 4 aromatic rings. The molecule has 0 spiro atoms. The summed E-state index contributed by atoms with van der Waals surface area (Å²) in [5.74, 6) is 0.674. The fourth-order valence-corrected chi connectivity index (χ4v) is 3.37. The van der Waals surface area contributed by atoms with E-state index in [4.69, 9.17) is 4.74 Å². The van der Waals surface area contributed by atoms with Crippen molar-refractivity contribution in [2.75, 3.05) is 5.32 Å². The van der Waals surface area contributed by atoms with Crippen molar-refractivity contribution >= 4 is 11.6 Å². The lowest BCUT2D eigenvalue weighted by Gasteiger charge is -2.23. The summed E-state index contributed by atoms with van der Waals surface area (Å²) in [4.78, 5) is 13.2. The fourth-order valence-electron chi connectivity index (χ4n) is 3.37. The van der Waals surface area contributed by atoms with Crippen LogP contribution in [0.15, 0.2) is 85.1 Å². The number of carbonyl (C=O) groups excluding carboxylic acids is 1. The largest absolute Gasteiger partial charge is 0.457 e. The van der Waals surface area contributed by atoms with Crippen molar-refractivity contribution < 1.29 is 13.9 Å². The van der Waals surface area contributed by atoms with Gasteiger partial charge in [0.2, 0.25) is 0 Å². The molecule has 1 amide bonds. The second kappa shape index (κ2) is 8.67.